The number of halogens is 1. The normalized spacial score (nSPS) is 11.4. The molecule has 0 saturated heterocycles. The van der Waals surface area contributed by atoms with E-state index in [1.165, 1.54) is 0 Å². The van der Waals surface area contributed by atoms with Crippen molar-refractivity contribution >= 4 is 28.9 Å². The van der Waals surface area contributed by atoms with Crippen LogP contribution >= 0.6 is 23.4 Å². The Labute approximate surface area is 127 Å². The standard InChI is InChI=1S/C15H14ClN3S/c1-10(2)20-15-14-9-13(18-19(14)7-6-17-15)11-4-3-5-12(16)8-11/h3-10H,1-2H3. The van der Waals surface area contributed by atoms with Crippen LogP contribution in [0, 0.1) is 0 Å². The highest BCUT2D eigenvalue weighted by Gasteiger charge is 2.10. The molecule has 5 heteroatoms. The number of rotatable bonds is 3. The first kappa shape index (κ1) is 13.5. The third-order valence-corrected chi connectivity index (χ3v) is 4.07. The molecule has 0 fully saturated rings. The molecule has 20 heavy (non-hydrogen) atoms. The van der Waals surface area contributed by atoms with Gasteiger partial charge in [0.2, 0.25) is 0 Å². The van der Waals surface area contributed by atoms with Gasteiger partial charge < -0.3 is 0 Å². The van der Waals surface area contributed by atoms with Gasteiger partial charge in [0, 0.05) is 28.2 Å². The van der Waals surface area contributed by atoms with Crippen LogP contribution in [0.5, 0.6) is 0 Å². The van der Waals surface area contributed by atoms with Gasteiger partial charge in [-0.05, 0) is 18.2 Å². The van der Waals surface area contributed by atoms with Gasteiger partial charge in [-0.3, -0.25) is 0 Å². The van der Waals surface area contributed by atoms with Crippen molar-refractivity contribution in [3.63, 3.8) is 0 Å². The van der Waals surface area contributed by atoms with E-state index in [4.69, 9.17) is 11.6 Å². The van der Waals surface area contributed by atoms with Gasteiger partial charge in [0.05, 0.1) is 11.2 Å². The molecular formula is C15H14ClN3S. The maximum atomic E-state index is 6.04. The van der Waals surface area contributed by atoms with E-state index in [2.05, 4.69) is 30.0 Å². The molecule has 0 atom stereocenters. The van der Waals surface area contributed by atoms with Crippen molar-refractivity contribution in [1.29, 1.82) is 0 Å². The fourth-order valence-corrected chi connectivity index (χ4v) is 3.03. The Morgan fingerprint density at radius 1 is 1.25 bits per heavy atom. The molecule has 0 amide bonds. The summed E-state index contributed by atoms with van der Waals surface area (Å²) in [6, 6.07) is 9.79. The largest absolute Gasteiger partial charge is 0.246 e. The molecular weight excluding hydrogens is 290 g/mol. The monoisotopic (exact) mass is 303 g/mol. The van der Waals surface area contributed by atoms with Crippen molar-refractivity contribution in [2.45, 2.75) is 24.1 Å². The second kappa shape index (κ2) is 5.46. The Balaban J connectivity index is 2.11. The summed E-state index contributed by atoms with van der Waals surface area (Å²) in [5, 5.41) is 6.80. The fourth-order valence-electron chi connectivity index (χ4n) is 2.00. The van der Waals surface area contributed by atoms with E-state index in [0.29, 0.717) is 5.25 Å². The first-order valence-corrected chi connectivity index (χ1v) is 7.66. The number of aromatic nitrogens is 3. The highest BCUT2D eigenvalue weighted by Crippen LogP contribution is 2.28. The van der Waals surface area contributed by atoms with Crippen molar-refractivity contribution in [2.24, 2.45) is 0 Å². The van der Waals surface area contributed by atoms with Gasteiger partial charge in [-0.2, -0.15) is 5.10 Å². The lowest BCUT2D eigenvalue weighted by molar-refractivity contribution is 0.918. The molecule has 102 valence electrons. The molecule has 3 rings (SSSR count). The molecule has 0 bridgehead atoms. The maximum Gasteiger partial charge on any atom is 0.122 e. The van der Waals surface area contributed by atoms with Crippen LogP contribution in [0.3, 0.4) is 0 Å². The van der Waals surface area contributed by atoms with Crippen LogP contribution < -0.4 is 0 Å². The second-order valence-electron chi connectivity index (χ2n) is 4.77. The molecule has 0 spiro atoms. The summed E-state index contributed by atoms with van der Waals surface area (Å²) in [7, 11) is 0. The van der Waals surface area contributed by atoms with Crippen molar-refractivity contribution in [1.82, 2.24) is 14.6 Å². The minimum absolute atomic E-state index is 0.484. The minimum atomic E-state index is 0.484. The third-order valence-electron chi connectivity index (χ3n) is 2.82. The fraction of sp³-hybridized carbons (Fsp3) is 0.200. The molecule has 0 radical (unpaired) electrons. The van der Waals surface area contributed by atoms with Gasteiger partial charge in [-0.25, -0.2) is 9.50 Å². The smallest absolute Gasteiger partial charge is 0.122 e. The highest BCUT2D eigenvalue weighted by molar-refractivity contribution is 8.00. The van der Waals surface area contributed by atoms with Crippen molar-refractivity contribution in [3.05, 3.63) is 47.7 Å². The first-order chi connectivity index (χ1) is 9.63. The van der Waals surface area contributed by atoms with Crippen LogP contribution in [-0.2, 0) is 0 Å². The van der Waals surface area contributed by atoms with Gasteiger partial charge in [-0.1, -0.05) is 37.6 Å². The number of thioether (sulfide) groups is 1. The number of fused-ring (bicyclic) bond motifs is 1. The molecule has 0 N–H and O–H groups in total. The maximum absolute atomic E-state index is 6.04. The quantitative estimate of drug-likeness (QED) is 0.665. The van der Waals surface area contributed by atoms with Gasteiger partial charge >= 0.3 is 0 Å². The third kappa shape index (κ3) is 2.67. The Hall–Kier alpha value is -1.52. The summed E-state index contributed by atoms with van der Waals surface area (Å²) >= 11 is 7.78. The molecule has 3 nitrogen and oxygen atoms in total. The summed E-state index contributed by atoms with van der Waals surface area (Å²) in [6.45, 7) is 4.31. The van der Waals surface area contributed by atoms with Crippen LogP contribution in [0.2, 0.25) is 5.02 Å². The Bertz CT molecular complexity index is 752. The lowest BCUT2D eigenvalue weighted by Gasteiger charge is -2.04. The Morgan fingerprint density at radius 3 is 2.85 bits per heavy atom. The molecule has 3 aromatic rings. The zero-order valence-electron chi connectivity index (χ0n) is 11.2. The van der Waals surface area contributed by atoms with Gasteiger partial charge in [0.1, 0.15) is 5.03 Å². The van der Waals surface area contributed by atoms with Crippen LogP contribution in [0.25, 0.3) is 16.8 Å². The highest BCUT2D eigenvalue weighted by atomic mass is 35.5. The molecule has 0 unspecified atom stereocenters. The topological polar surface area (TPSA) is 30.2 Å². The van der Waals surface area contributed by atoms with E-state index in [1.54, 1.807) is 18.0 Å². The number of hydrogen-bond acceptors (Lipinski definition) is 3. The van der Waals surface area contributed by atoms with Crippen LogP contribution in [-0.4, -0.2) is 19.8 Å². The predicted molar refractivity (Wildman–Crippen MR) is 84.4 cm³/mol. The summed E-state index contributed by atoms with van der Waals surface area (Å²) in [5.74, 6) is 0. The second-order valence-corrected chi connectivity index (χ2v) is 6.77. The lowest BCUT2D eigenvalue weighted by Crippen LogP contribution is -1.94. The summed E-state index contributed by atoms with van der Waals surface area (Å²) in [6.07, 6.45) is 3.65. The van der Waals surface area contributed by atoms with Crippen LogP contribution in [0.4, 0.5) is 0 Å². The van der Waals surface area contributed by atoms with Gasteiger partial charge in [-0.15, -0.1) is 11.8 Å². The zero-order valence-corrected chi connectivity index (χ0v) is 12.8. The van der Waals surface area contributed by atoms with E-state index < -0.39 is 0 Å². The summed E-state index contributed by atoms with van der Waals surface area (Å²) in [4.78, 5) is 4.45. The van der Waals surface area contributed by atoms with E-state index in [1.807, 2.05) is 35.0 Å². The zero-order chi connectivity index (χ0) is 14.1. The summed E-state index contributed by atoms with van der Waals surface area (Å²) in [5.41, 5.74) is 2.95. The molecule has 1 aromatic carbocycles. The molecule has 0 aliphatic carbocycles. The molecule has 0 aliphatic heterocycles. The average molecular weight is 304 g/mol. The van der Waals surface area contributed by atoms with Gasteiger partial charge in [0.15, 0.2) is 0 Å². The van der Waals surface area contributed by atoms with E-state index >= 15 is 0 Å². The molecule has 2 aromatic heterocycles. The van der Waals surface area contributed by atoms with Crippen LogP contribution in [0.1, 0.15) is 13.8 Å². The van der Waals surface area contributed by atoms with Gasteiger partial charge in [0.25, 0.3) is 0 Å². The minimum Gasteiger partial charge on any atom is -0.246 e. The first-order valence-electron chi connectivity index (χ1n) is 6.40. The number of hydrogen-bond donors (Lipinski definition) is 0. The van der Waals surface area contributed by atoms with E-state index in [9.17, 15) is 0 Å². The summed E-state index contributed by atoms with van der Waals surface area (Å²) < 4.78 is 1.87. The predicted octanol–water partition coefficient (Wildman–Crippen LogP) is 4.55. The number of nitrogens with zero attached hydrogens (tertiary/aromatic N) is 3. The Morgan fingerprint density at radius 2 is 2.10 bits per heavy atom. The van der Waals surface area contributed by atoms with Crippen LogP contribution in [0.15, 0.2) is 47.8 Å². The SMILES string of the molecule is CC(C)Sc1nccn2nc(-c3cccc(Cl)c3)cc12. The van der Waals surface area contributed by atoms with E-state index in [0.717, 1.165) is 26.8 Å². The van der Waals surface area contributed by atoms with E-state index in [-0.39, 0.29) is 0 Å². The Kier molecular flexibility index (Phi) is 3.68. The van der Waals surface area contributed by atoms with Crippen molar-refractivity contribution in [3.8, 4) is 11.3 Å². The lowest BCUT2D eigenvalue weighted by atomic mass is 10.1. The molecule has 2 heterocycles. The molecule has 0 saturated carbocycles. The van der Waals surface area contributed by atoms with Crippen molar-refractivity contribution in [2.75, 3.05) is 0 Å². The van der Waals surface area contributed by atoms with Crippen molar-refractivity contribution < 1.29 is 0 Å². The number of benzene rings is 1. The molecule has 0 aliphatic rings. The average Bonchev–Trinajstić information content (AvgIpc) is 2.83.